The van der Waals surface area contributed by atoms with E-state index in [4.69, 9.17) is 14.2 Å². The summed E-state index contributed by atoms with van der Waals surface area (Å²) >= 11 is 0. The van der Waals surface area contributed by atoms with Crippen molar-refractivity contribution >= 4 is 11.9 Å². The van der Waals surface area contributed by atoms with Crippen LogP contribution in [0.2, 0.25) is 0 Å². The van der Waals surface area contributed by atoms with Gasteiger partial charge >= 0.3 is 5.97 Å². The van der Waals surface area contributed by atoms with E-state index in [1.54, 1.807) is 38.3 Å². The molecule has 0 N–H and O–H groups in total. The number of carbonyl (C=O) groups is 2. The fourth-order valence-corrected chi connectivity index (χ4v) is 2.63. The van der Waals surface area contributed by atoms with Crippen molar-refractivity contribution in [2.24, 2.45) is 5.92 Å². The number of esters is 1. The molecule has 7 heteroatoms. The first-order chi connectivity index (χ1) is 13.4. The van der Waals surface area contributed by atoms with Crippen LogP contribution >= 0.6 is 0 Å². The van der Waals surface area contributed by atoms with Crippen molar-refractivity contribution < 1.29 is 28.2 Å². The van der Waals surface area contributed by atoms with Gasteiger partial charge in [0.1, 0.15) is 23.9 Å². The van der Waals surface area contributed by atoms with E-state index in [2.05, 4.69) is 0 Å². The highest BCUT2D eigenvalue weighted by molar-refractivity contribution is 5.94. The summed E-state index contributed by atoms with van der Waals surface area (Å²) in [6.07, 6.45) is 0. The number of rotatable bonds is 9. The lowest BCUT2D eigenvalue weighted by Crippen LogP contribution is -2.39. The summed E-state index contributed by atoms with van der Waals surface area (Å²) in [6.45, 7) is 2.24. The molecule has 0 aliphatic carbocycles. The third-order valence-electron chi connectivity index (χ3n) is 4.15. The molecule has 1 unspecified atom stereocenters. The van der Waals surface area contributed by atoms with Gasteiger partial charge in [-0.2, -0.15) is 0 Å². The van der Waals surface area contributed by atoms with E-state index in [1.807, 2.05) is 0 Å². The lowest BCUT2D eigenvalue weighted by atomic mass is 10.1. The van der Waals surface area contributed by atoms with Gasteiger partial charge in [-0.05, 0) is 42.5 Å². The van der Waals surface area contributed by atoms with Crippen LogP contribution in [0.3, 0.4) is 0 Å². The first-order valence-corrected chi connectivity index (χ1v) is 8.84. The lowest BCUT2D eigenvalue weighted by Gasteiger charge is -2.25. The molecule has 0 aliphatic rings. The first kappa shape index (κ1) is 21.2. The number of nitrogens with zero attached hydrogens (tertiary/aromatic N) is 1. The first-order valence-electron chi connectivity index (χ1n) is 8.84. The number of methoxy groups -OCH3 is 2. The molecule has 28 heavy (non-hydrogen) atoms. The van der Waals surface area contributed by atoms with Crippen LogP contribution in [-0.2, 0) is 9.53 Å². The summed E-state index contributed by atoms with van der Waals surface area (Å²) in [7, 11) is 2.87. The molecule has 0 spiro atoms. The van der Waals surface area contributed by atoms with Gasteiger partial charge in [0.05, 0.1) is 26.7 Å². The Morgan fingerprint density at radius 1 is 1.07 bits per heavy atom. The number of amides is 1. The van der Waals surface area contributed by atoms with Gasteiger partial charge < -0.3 is 19.1 Å². The van der Waals surface area contributed by atoms with Gasteiger partial charge in [-0.25, -0.2) is 4.39 Å². The maximum atomic E-state index is 13.5. The van der Waals surface area contributed by atoms with Gasteiger partial charge in [-0.1, -0.05) is 13.0 Å². The number of benzene rings is 2. The average molecular weight is 389 g/mol. The van der Waals surface area contributed by atoms with Gasteiger partial charge in [-0.15, -0.1) is 0 Å². The molecule has 0 saturated heterocycles. The lowest BCUT2D eigenvalue weighted by molar-refractivity contribution is -0.145. The molecule has 0 radical (unpaired) electrons. The minimum Gasteiger partial charge on any atom is -0.497 e. The van der Waals surface area contributed by atoms with E-state index in [-0.39, 0.29) is 31.2 Å². The molecule has 0 aliphatic heterocycles. The normalized spacial score (nSPS) is 11.4. The molecule has 2 rings (SSSR count). The molecular formula is C21H24FNO5. The zero-order chi connectivity index (χ0) is 20.5. The number of halogens is 1. The van der Waals surface area contributed by atoms with Crippen molar-refractivity contribution in [1.29, 1.82) is 0 Å². The Kier molecular flexibility index (Phi) is 7.80. The minimum absolute atomic E-state index is 0.133. The average Bonchev–Trinajstić information content (AvgIpc) is 2.72. The van der Waals surface area contributed by atoms with E-state index >= 15 is 0 Å². The number of carbonyl (C=O) groups excluding carboxylic acids is 2. The van der Waals surface area contributed by atoms with E-state index in [0.29, 0.717) is 11.5 Å². The molecular weight excluding hydrogens is 365 g/mol. The second-order valence-corrected chi connectivity index (χ2v) is 6.21. The molecule has 0 saturated carbocycles. The fourth-order valence-electron chi connectivity index (χ4n) is 2.63. The van der Waals surface area contributed by atoms with Crippen LogP contribution in [0.15, 0.2) is 48.5 Å². The van der Waals surface area contributed by atoms with Gasteiger partial charge in [0.25, 0.3) is 5.91 Å². The number of ether oxygens (including phenoxy) is 3. The van der Waals surface area contributed by atoms with Crippen molar-refractivity contribution in [3.8, 4) is 11.5 Å². The smallest absolute Gasteiger partial charge is 0.310 e. The van der Waals surface area contributed by atoms with Crippen LogP contribution in [0.1, 0.15) is 17.3 Å². The zero-order valence-electron chi connectivity index (χ0n) is 16.2. The third-order valence-corrected chi connectivity index (χ3v) is 4.15. The zero-order valence-corrected chi connectivity index (χ0v) is 16.2. The highest BCUT2D eigenvalue weighted by atomic mass is 19.1. The van der Waals surface area contributed by atoms with Gasteiger partial charge in [0.15, 0.2) is 0 Å². The predicted octanol–water partition coefficient (Wildman–Crippen LogP) is 3.16. The van der Waals surface area contributed by atoms with E-state index in [1.165, 1.54) is 36.3 Å². The van der Waals surface area contributed by atoms with Crippen molar-refractivity contribution in [3.05, 3.63) is 59.9 Å². The Bertz CT molecular complexity index is 794. The summed E-state index contributed by atoms with van der Waals surface area (Å²) in [6, 6.07) is 12.5. The number of hydrogen-bond donors (Lipinski definition) is 0. The van der Waals surface area contributed by atoms with Crippen molar-refractivity contribution in [1.82, 2.24) is 4.90 Å². The van der Waals surface area contributed by atoms with Crippen LogP contribution < -0.4 is 9.47 Å². The fraction of sp³-hybridized carbons (Fsp3) is 0.333. The second-order valence-electron chi connectivity index (χ2n) is 6.21. The topological polar surface area (TPSA) is 65.1 Å². The molecule has 0 heterocycles. The summed E-state index contributed by atoms with van der Waals surface area (Å²) in [5.74, 6) is -0.492. The van der Waals surface area contributed by atoms with Crippen LogP contribution in [-0.4, -0.2) is 50.7 Å². The summed E-state index contributed by atoms with van der Waals surface area (Å²) in [4.78, 5) is 26.0. The van der Waals surface area contributed by atoms with Gasteiger partial charge in [-0.3, -0.25) is 9.59 Å². The molecule has 1 amide bonds. The van der Waals surface area contributed by atoms with Crippen LogP contribution in [0.4, 0.5) is 4.39 Å². The van der Waals surface area contributed by atoms with E-state index in [9.17, 15) is 14.0 Å². The van der Waals surface area contributed by atoms with Crippen LogP contribution in [0.25, 0.3) is 0 Å². The Hall–Kier alpha value is -3.09. The van der Waals surface area contributed by atoms with Gasteiger partial charge in [0.2, 0.25) is 0 Å². The number of hydrogen-bond acceptors (Lipinski definition) is 5. The SMILES string of the molecule is COC(=O)C(C)CN(CCOc1ccc(OC)cc1)C(=O)c1cccc(F)c1. The highest BCUT2D eigenvalue weighted by Gasteiger charge is 2.23. The van der Waals surface area contributed by atoms with Crippen molar-refractivity contribution in [3.63, 3.8) is 0 Å². The molecule has 6 nitrogen and oxygen atoms in total. The summed E-state index contributed by atoms with van der Waals surface area (Å²) in [5, 5.41) is 0. The largest absolute Gasteiger partial charge is 0.497 e. The van der Waals surface area contributed by atoms with Crippen LogP contribution in [0.5, 0.6) is 11.5 Å². The Balaban J connectivity index is 2.06. The minimum atomic E-state index is -0.525. The summed E-state index contributed by atoms with van der Waals surface area (Å²) in [5.41, 5.74) is 0.210. The maximum absolute atomic E-state index is 13.5. The third kappa shape index (κ3) is 5.97. The Morgan fingerprint density at radius 2 is 1.75 bits per heavy atom. The molecule has 2 aromatic carbocycles. The van der Waals surface area contributed by atoms with Gasteiger partial charge in [0, 0.05) is 12.1 Å². The standard InChI is InChI=1S/C21H24FNO5/c1-15(21(25)27-3)14-23(20(24)16-5-4-6-17(22)13-16)11-12-28-19-9-7-18(26-2)8-10-19/h4-10,13,15H,11-12,14H2,1-3H3. The molecule has 150 valence electrons. The molecule has 1 atom stereocenters. The Morgan fingerprint density at radius 3 is 2.36 bits per heavy atom. The van der Waals surface area contributed by atoms with Crippen molar-refractivity contribution in [2.75, 3.05) is 33.9 Å². The van der Waals surface area contributed by atoms with Crippen LogP contribution in [0, 0.1) is 11.7 Å². The van der Waals surface area contributed by atoms with E-state index in [0.717, 1.165) is 0 Å². The van der Waals surface area contributed by atoms with E-state index < -0.39 is 17.7 Å². The summed E-state index contributed by atoms with van der Waals surface area (Å²) < 4.78 is 29.0. The molecule has 0 fully saturated rings. The highest BCUT2D eigenvalue weighted by Crippen LogP contribution is 2.17. The monoisotopic (exact) mass is 389 g/mol. The molecule has 0 bridgehead atoms. The van der Waals surface area contributed by atoms with Crippen molar-refractivity contribution in [2.45, 2.75) is 6.92 Å². The second kappa shape index (κ2) is 10.3. The maximum Gasteiger partial charge on any atom is 0.310 e. The Labute approximate surface area is 163 Å². The predicted molar refractivity (Wildman–Crippen MR) is 102 cm³/mol. The quantitative estimate of drug-likeness (QED) is 0.617. The molecule has 2 aromatic rings. The molecule has 0 aromatic heterocycles.